The summed E-state index contributed by atoms with van der Waals surface area (Å²) in [6.45, 7) is 1.40. The molecular formula is C14H13F2NO3S. The molecule has 21 heavy (non-hydrogen) atoms. The molecule has 0 spiro atoms. The van der Waals surface area contributed by atoms with Crippen molar-refractivity contribution >= 4 is 10.0 Å². The number of rotatable bonds is 4. The van der Waals surface area contributed by atoms with Crippen LogP contribution in [-0.4, -0.2) is 8.42 Å². The fourth-order valence-corrected chi connectivity index (χ4v) is 2.61. The third-order valence-electron chi connectivity index (χ3n) is 2.86. The topological polar surface area (TPSA) is 69.4 Å². The highest BCUT2D eigenvalue weighted by Crippen LogP contribution is 2.21. The second-order valence-electron chi connectivity index (χ2n) is 4.50. The lowest BCUT2D eigenvalue weighted by molar-refractivity contribution is 0.298. The van der Waals surface area contributed by atoms with Gasteiger partial charge >= 0.3 is 0 Å². The molecule has 112 valence electrons. The summed E-state index contributed by atoms with van der Waals surface area (Å²) >= 11 is 0. The van der Waals surface area contributed by atoms with Crippen molar-refractivity contribution in [2.75, 3.05) is 0 Å². The Kier molecular flexibility index (Phi) is 4.24. The molecule has 0 bridgehead atoms. The van der Waals surface area contributed by atoms with Gasteiger partial charge in [-0.15, -0.1) is 0 Å². The molecule has 0 heterocycles. The molecule has 0 amide bonds. The molecular weight excluding hydrogens is 300 g/mol. The van der Waals surface area contributed by atoms with Crippen LogP contribution in [0.25, 0.3) is 0 Å². The maximum Gasteiger partial charge on any atom is 0.238 e. The number of ether oxygens (including phenoxy) is 1. The lowest BCUT2D eigenvalue weighted by Crippen LogP contribution is -2.13. The van der Waals surface area contributed by atoms with Gasteiger partial charge < -0.3 is 4.74 Å². The monoisotopic (exact) mass is 313 g/mol. The number of hydrogen-bond acceptors (Lipinski definition) is 3. The molecule has 0 radical (unpaired) electrons. The standard InChI is InChI=1S/C14H13F2NO3S/c1-9-6-12(3-5-14(9)21(17,18)19)20-8-10-7-11(15)2-4-13(10)16/h2-7H,8H2,1H3,(H2,17,18,19). The zero-order chi connectivity index (χ0) is 15.6. The number of sulfonamides is 1. The Bertz CT molecular complexity index is 776. The Labute approximate surface area is 121 Å². The van der Waals surface area contributed by atoms with Crippen molar-refractivity contribution in [1.29, 1.82) is 0 Å². The Hall–Kier alpha value is -1.99. The maximum absolute atomic E-state index is 13.4. The Morgan fingerprint density at radius 2 is 1.86 bits per heavy atom. The minimum atomic E-state index is -3.79. The summed E-state index contributed by atoms with van der Waals surface area (Å²) in [6, 6.07) is 7.26. The van der Waals surface area contributed by atoms with Crippen LogP contribution in [0.5, 0.6) is 5.75 Å². The summed E-state index contributed by atoms with van der Waals surface area (Å²) < 4.78 is 54.3. The van der Waals surface area contributed by atoms with Gasteiger partial charge in [-0.05, 0) is 48.9 Å². The van der Waals surface area contributed by atoms with Crippen molar-refractivity contribution in [2.45, 2.75) is 18.4 Å². The quantitative estimate of drug-likeness (QED) is 0.943. The smallest absolute Gasteiger partial charge is 0.238 e. The first-order valence-corrected chi connectivity index (χ1v) is 7.52. The van der Waals surface area contributed by atoms with E-state index < -0.39 is 21.7 Å². The van der Waals surface area contributed by atoms with E-state index in [0.717, 1.165) is 18.2 Å². The first-order chi connectivity index (χ1) is 9.77. The van der Waals surface area contributed by atoms with E-state index in [2.05, 4.69) is 0 Å². The molecule has 2 N–H and O–H groups in total. The van der Waals surface area contributed by atoms with Crippen molar-refractivity contribution in [2.24, 2.45) is 5.14 Å². The third-order valence-corrected chi connectivity index (χ3v) is 3.93. The summed E-state index contributed by atoms with van der Waals surface area (Å²) in [7, 11) is -3.79. The van der Waals surface area contributed by atoms with Gasteiger partial charge in [0.15, 0.2) is 0 Å². The average molecular weight is 313 g/mol. The van der Waals surface area contributed by atoms with Gasteiger partial charge in [-0.1, -0.05) is 0 Å². The lowest BCUT2D eigenvalue weighted by Gasteiger charge is -2.10. The fourth-order valence-electron chi connectivity index (χ4n) is 1.85. The first kappa shape index (κ1) is 15.4. The summed E-state index contributed by atoms with van der Waals surface area (Å²) in [6.07, 6.45) is 0. The van der Waals surface area contributed by atoms with Crippen LogP contribution >= 0.6 is 0 Å². The van der Waals surface area contributed by atoms with E-state index in [4.69, 9.17) is 9.88 Å². The van der Waals surface area contributed by atoms with E-state index in [9.17, 15) is 17.2 Å². The van der Waals surface area contributed by atoms with Gasteiger partial charge in [-0.2, -0.15) is 0 Å². The molecule has 0 unspecified atom stereocenters. The molecule has 4 nitrogen and oxygen atoms in total. The first-order valence-electron chi connectivity index (χ1n) is 5.97. The number of benzene rings is 2. The zero-order valence-electron chi connectivity index (χ0n) is 11.1. The van der Waals surface area contributed by atoms with Crippen LogP contribution in [0.15, 0.2) is 41.3 Å². The molecule has 0 fully saturated rings. The summed E-state index contributed by atoms with van der Waals surface area (Å²) in [4.78, 5) is -0.00761. The Morgan fingerprint density at radius 3 is 2.48 bits per heavy atom. The van der Waals surface area contributed by atoms with E-state index in [0.29, 0.717) is 11.3 Å². The predicted octanol–water partition coefficient (Wildman–Crippen LogP) is 2.50. The van der Waals surface area contributed by atoms with E-state index in [1.165, 1.54) is 18.2 Å². The second-order valence-corrected chi connectivity index (χ2v) is 6.03. The normalized spacial score (nSPS) is 11.4. The maximum atomic E-state index is 13.4. The highest BCUT2D eigenvalue weighted by atomic mass is 32.2. The number of halogens is 2. The van der Waals surface area contributed by atoms with Crippen molar-refractivity contribution < 1.29 is 21.9 Å². The van der Waals surface area contributed by atoms with Gasteiger partial charge in [0.1, 0.15) is 24.0 Å². The predicted molar refractivity (Wildman–Crippen MR) is 73.2 cm³/mol. The molecule has 7 heteroatoms. The van der Waals surface area contributed by atoms with Crippen LogP contribution in [0.4, 0.5) is 8.78 Å². The Morgan fingerprint density at radius 1 is 1.14 bits per heavy atom. The minimum Gasteiger partial charge on any atom is -0.489 e. The number of primary sulfonamides is 1. The lowest BCUT2D eigenvalue weighted by atomic mass is 10.2. The second kappa shape index (κ2) is 5.79. The molecule has 2 aromatic carbocycles. The van der Waals surface area contributed by atoms with Crippen LogP contribution in [0.3, 0.4) is 0 Å². The van der Waals surface area contributed by atoms with Crippen molar-refractivity contribution in [3.8, 4) is 5.75 Å². The number of aryl methyl sites for hydroxylation is 1. The summed E-state index contributed by atoms with van der Waals surface area (Å²) in [5.74, 6) is -0.798. The van der Waals surface area contributed by atoms with Gasteiger partial charge in [0.2, 0.25) is 10.0 Å². The molecule has 2 rings (SSSR count). The number of nitrogens with two attached hydrogens (primary N) is 1. The van der Waals surface area contributed by atoms with Crippen LogP contribution < -0.4 is 9.88 Å². The van der Waals surface area contributed by atoms with Gasteiger partial charge in [-0.3, -0.25) is 0 Å². The summed E-state index contributed by atoms with van der Waals surface area (Å²) in [5, 5.41) is 5.05. The van der Waals surface area contributed by atoms with Gasteiger partial charge in [0.25, 0.3) is 0 Å². The van der Waals surface area contributed by atoms with Crippen LogP contribution in [0.2, 0.25) is 0 Å². The molecule has 0 saturated carbocycles. The SMILES string of the molecule is Cc1cc(OCc2cc(F)ccc2F)ccc1S(N)(=O)=O. The highest BCUT2D eigenvalue weighted by Gasteiger charge is 2.12. The van der Waals surface area contributed by atoms with Crippen LogP contribution in [-0.2, 0) is 16.6 Å². The molecule has 0 aliphatic heterocycles. The summed E-state index contributed by atoms with van der Waals surface area (Å²) in [5.41, 5.74) is 0.484. The Balaban J connectivity index is 2.18. The minimum absolute atomic E-state index is 0.00761. The van der Waals surface area contributed by atoms with E-state index in [-0.39, 0.29) is 17.1 Å². The largest absolute Gasteiger partial charge is 0.489 e. The molecule has 2 aromatic rings. The van der Waals surface area contributed by atoms with Gasteiger partial charge in [-0.25, -0.2) is 22.3 Å². The molecule has 0 aliphatic rings. The molecule has 0 saturated heterocycles. The zero-order valence-corrected chi connectivity index (χ0v) is 12.0. The van der Waals surface area contributed by atoms with Crippen LogP contribution in [0.1, 0.15) is 11.1 Å². The van der Waals surface area contributed by atoms with Gasteiger partial charge in [0.05, 0.1) is 4.90 Å². The van der Waals surface area contributed by atoms with E-state index in [1.54, 1.807) is 6.92 Å². The van der Waals surface area contributed by atoms with E-state index >= 15 is 0 Å². The number of hydrogen-bond donors (Lipinski definition) is 1. The average Bonchev–Trinajstić information content (AvgIpc) is 2.38. The molecule has 0 atom stereocenters. The fraction of sp³-hybridized carbons (Fsp3) is 0.143. The van der Waals surface area contributed by atoms with E-state index in [1.807, 2.05) is 0 Å². The van der Waals surface area contributed by atoms with Crippen molar-refractivity contribution in [3.63, 3.8) is 0 Å². The molecule has 0 aliphatic carbocycles. The molecule has 0 aromatic heterocycles. The van der Waals surface area contributed by atoms with Crippen molar-refractivity contribution in [3.05, 3.63) is 59.2 Å². The third kappa shape index (κ3) is 3.77. The van der Waals surface area contributed by atoms with Gasteiger partial charge in [0, 0.05) is 5.56 Å². The van der Waals surface area contributed by atoms with Crippen LogP contribution in [0, 0.1) is 18.6 Å². The van der Waals surface area contributed by atoms with Crippen molar-refractivity contribution in [1.82, 2.24) is 0 Å². The highest BCUT2D eigenvalue weighted by molar-refractivity contribution is 7.89.